The molecule has 0 aromatic rings. The maximum atomic E-state index is 12.1. The number of allylic oxidation sites excluding steroid dienone is 1. The third-order valence-electron chi connectivity index (χ3n) is 14.0. The summed E-state index contributed by atoms with van der Waals surface area (Å²) < 4.78 is 10.3. The molecule has 41 heavy (non-hydrogen) atoms. The summed E-state index contributed by atoms with van der Waals surface area (Å²) in [5, 5.41) is 52.7. The molecule has 4 saturated carbocycles. The number of fused-ring (bicyclic) bond motifs is 7. The molecule has 0 heterocycles. The highest BCUT2D eigenvalue weighted by atomic mass is 16.7. The molecule has 0 saturated heterocycles. The van der Waals surface area contributed by atoms with Crippen molar-refractivity contribution in [1.82, 2.24) is 0 Å². The zero-order valence-electron chi connectivity index (χ0n) is 25.3. The Kier molecular flexibility index (Phi) is 7.35. The second-order valence-corrected chi connectivity index (χ2v) is 15.3. The lowest BCUT2D eigenvalue weighted by molar-refractivity contribution is -0.236. The van der Waals surface area contributed by atoms with Gasteiger partial charge in [-0.1, -0.05) is 39.3 Å². The molecule has 5 N–H and O–H groups in total. The number of carboxylic acid groups (broad SMARTS) is 2. The van der Waals surface area contributed by atoms with E-state index in [4.69, 9.17) is 9.47 Å². The molecular formula is C32H50O9. The van der Waals surface area contributed by atoms with Crippen LogP contribution in [0.2, 0.25) is 0 Å². The smallest absolute Gasteiger partial charge is 0.450 e. The average molecular weight is 579 g/mol. The van der Waals surface area contributed by atoms with Crippen LogP contribution in [0.4, 0.5) is 9.59 Å². The first-order valence-corrected chi connectivity index (χ1v) is 15.5. The largest absolute Gasteiger partial charge is 0.505 e. The predicted octanol–water partition coefficient (Wildman–Crippen LogP) is 5.46. The normalized spacial score (nSPS) is 50.7. The molecule has 232 valence electrons. The van der Waals surface area contributed by atoms with Crippen molar-refractivity contribution >= 4 is 12.3 Å². The van der Waals surface area contributed by atoms with Crippen LogP contribution < -0.4 is 0 Å². The van der Waals surface area contributed by atoms with Gasteiger partial charge in [-0.05, 0) is 98.7 Å². The molecule has 0 aromatic carbocycles. The summed E-state index contributed by atoms with van der Waals surface area (Å²) >= 11 is 0. The molecule has 9 heteroatoms. The van der Waals surface area contributed by atoms with E-state index in [-0.39, 0.29) is 59.7 Å². The maximum absolute atomic E-state index is 12.1. The van der Waals surface area contributed by atoms with Crippen molar-refractivity contribution in [1.29, 1.82) is 0 Å². The summed E-state index contributed by atoms with van der Waals surface area (Å²) in [6, 6.07) is 0. The van der Waals surface area contributed by atoms with Crippen LogP contribution >= 0.6 is 0 Å². The fourth-order valence-corrected chi connectivity index (χ4v) is 11.4. The van der Waals surface area contributed by atoms with Crippen LogP contribution in [-0.4, -0.2) is 69.4 Å². The van der Waals surface area contributed by atoms with Crippen molar-refractivity contribution in [2.45, 2.75) is 104 Å². The second-order valence-electron chi connectivity index (χ2n) is 15.3. The lowest BCUT2D eigenvalue weighted by Crippen LogP contribution is -2.68. The number of hydrogen-bond acceptors (Lipinski definition) is 7. The molecule has 0 bridgehead atoms. The van der Waals surface area contributed by atoms with Crippen molar-refractivity contribution in [3.8, 4) is 0 Å². The number of carbonyl (C=O) groups is 2. The van der Waals surface area contributed by atoms with Gasteiger partial charge in [0.2, 0.25) is 0 Å². The molecule has 11 atom stereocenters. The van der Waals surface area contributed by atoms with Crippen molar-refractivity contribution in [3.63, 3.8) is 0 Å². The first kappa shape index (κ1) is 30.6. The van der Waals surface area contributed by atoms with E-state index in [0.29, 0.717) is 6.42 Å². The van der Waals surface area contributed by atoms with Gasteiger partial charge in [0.05, 0.1) is 23.7 Å². The minimum absolute atomic E-state index is 0.0618. The summed E-state index contributed by atoms with van der Waals surface area (Å²) in [5.74, 6) is -0.0378. The van der Waals surface area contributed by atoms with Gasteiger partial charge in [0, 0.05) is 11.3 Å². The molecule has 0 aromatic heterocycles. The number of aliphatic hydroxyl groups excluding tert-OH is 2. The minimum Gasteiger partial charge on any atom is -0.450 e. The molecule has 0 amide bonds. The van der Waals surface area contributed by atoms with Gasteiger partial charge in [-0.3, -0.25) is 0 Å². The van der Waals surface area contributed by atoms with Crippen LogP contribution in [0.25, 0.3) is 0 Å². The molecule has 5 aliphatic rings. The lowest BCUT2D eigenvalue weighted by Gasteiger charge is -2.72. The fourth-order valence-electron chi connectivity index (χ4n) is 11.4. The van der Waals surface area contributed by atoms with Crippen molar-refractivity contribution < 1.29 is 44.6 Å². The third-order valence-corrected chi connectivity index (χ3v) is 14.0. The SMILES string of the molecule is C[C@@H]1CC[C@]2(COC(=O)O)CC[C@]3(C)C(=CC[C@@H]4[C@@]5(C)CC[C@H](O)C(CO)(COC(=O)O)C5CC[C@]43C)[C@@H]2[C@]1(C)O. The predicted molar refractivity (Wildman–Crippen MR) is 150 cm³/mol. The van der Waals surface area contributed by atoms with Crippen molar-refractivity contribution in [2.75, 3.05) is 19.8 Å². The zero-order valence-corrected chi connectivity index (χ0v) is 25.3. The van der Waals surface area contributed by atoms with Gasteiger partial charge in [0.1, 0.15) is 13.2 Å². The third kappa shape index (κ3) is 4.11. The van der Waals surface area contributed by atoms with E-state index < -0.39 is 34.8 Å². The van der Waals surface area contributed by atoms with Crippen LogP contribution in [0.1, 0.15) is 92.4 Å². The number of hydrogen-bond donors (Lipinski definition) is 5. The number of rotatable bonds is 5. The van der Waals surface area contributed by atoms with Gasteiger partial charge in [-0.15, -0.1) is 0 Å². The molecule has 0 spiro atoms. The van der Waals surface area contributed by atoms with Crippen LogP contribution in [0.3, 0.4) is 0 Å². The Hall–Kier alpha value is -1.84. The van der Waals surface area contributed by atoms with E-state index in [1.165, 1.54) is 5.57 Å². The Balaban J connectivity index is 1.58. The molecule has 5 rings (SSSR count). The first-order valence-electron chi connectivity index (χ1n) is 15.5. The maximum Gasteiger partial charge on any atom is 0.505 e. The fraction of sp³-hybridized carbons (Fsp3) is 0.875. The first-order chi connectivity index (χ1) is 19.0. The summed E-state index contributed by atoms with van der Waals surface area (Å²) in [6.45, 7) is 10.5. The molecule has 4 fully saturated rings. The summed E-state index contributed by atoms with van der Waals surface area (Å²) in [4.78, 5) is 22.9. The van der Waals surface area contributed by atoms with E-state index in [1.54, 1.807) is 0 Å². The second kappa shape index (κ2) is 9.84. The van der Waals surface area contributed by atoms with Gasteiger partial charge in [-0.25, -0.2) is 9.59 Å². The van der Waals surface area contributed by atoms with E-state index >= 15 is 0 Å². The van der Waals surface area contributed by atoms with Gasteiger partial charge in [0.15, 0.2) is 0 Å². The van der Waals surface area contributed by atoms with Gasteiger partial charge < -0.3 is 35.0 Å². The Morgan fingerprint density at radius 3 is 2.20 bits per heavy atom. The van der Waals surface area contributed by atoms with E-state index in [2.05, 4.69) is 33.8 Å². The van der Waals surface area contributed by atoms with E-state index in [9.17, 15) is 35.1 Å². The summed E-state index contributed by atoms with van der Waals surface area (Å²) in [5.41, 5.74) is -1.89. The summed E-state index contributed by atoms with van der Waals surface area (Å²) in [6.07, 6.45) is 5.70. The van der Waals surface area contributed by atoms with E-state index in [1.807, 2.05) is 6.92 Å². The van der Waals surface area contributed by atoms with Crippen LogP contribution in [0, 0.1) is 50.7 Å². The molecular weight excluding hydrogens is 528 g/mol. The molecule has 0 radical (unpaired) electrons. The standard InChI is InChI=1S/C32H50O9/c1-19-8-13-31(17-40-25(35)36)15-14-28(3)20(24(31)30(19,5)39)6-7-21-27(2)11-10-23(34)32(16-33,18-41-26(37)38)22(27)9-12-29(21,28)4/h6,19,21-24,33-34,39H,7-18H2,1-5H3,(H,35,36)(H,37,38)/t19-,21-,22?,23+,24-,27-,28-,29-,30-,31-,32?/m1/s1. The van der Waals surface area contributed by atoms with Gasteiger partial charge >= 0.3 is 12.3 Å². The lowest BCUT2D eigenvalue weighted by atomic mass is 9.33. The molecule has 0 aliphatic heterocycles. The topological polar surface area (TPSA) is 154 Å². The Bertz CT molecular complexity index is 1100. The Morgan fingerprint density at radius 2 is 1.56 bits per heavy atom. The highest BCUT2D eigenvalue weighted by Gasteiger charge is 2.71. The van der Waals surface area contributed by atoms with Gasteiger partial charge in [-0.2, -0.15) is 0 Å². The molecule has 5 aliphatic carbocycles. The Morgan fingerprint density at radius 1 is 0.902 bits per heavy atom. The van der Waals surface area contributed by atoms with E-state index in [0.717, 1.165) is 51.4 Å². The minimum atomic E-state index is -1.40. The Labute approximate surface area is 243 Å². The van der Waals surface area contributed by atoms with Crippen LogP contribution in [0.15, 0.2) is 11.6 Å². The van der Waals surface area contributed by atoms with Crippen LogP contribution in [-0.2, 0) is 9.47 Å². The van der Waals surface area contributed by atoms with Crippen molar-refractivity contribution in [2.24, 2.45) is 50.7 Å². The number of ether oxygens (including phenoxy) is 2. The molecule has 2 unspecified atom stereocenters. The molecule has 9 nitrogen and oxygen atoms in total. The highest BCUT2D eigenvalue weighted by molar-refractivity contribution is 5.57. The van der Waals surface area contributed by atoms with Gasteiger partial charge in [0.25, 0.3) is 0 Å². The van der Waals surface area contributed by atoms with Crippen LogP contribution in [0.5, 0.6) is 0 Å². The average Bonchev–Trinajstić information content (AvgIpc) is 2.90. The summed E-state index contributed by atoms with van der Waals surface area (Å²) in [7, 11) is 0. The number of aliphatic hydroxyl groups is 3. The monoisotopic (exact) mass is 578 g/mol. The van der Waals surface area contributed by atoms with Crippen molar-refractivity contribution in [3.05, 3.63) is 11.6 Å². The zero-order chi connectivity index (χ0) is 30.2. The quantitative estimate of drug-likeness (QED) is 0.211. The highest BCUT2D eigenvalue weighted by Crippen LogP contribution is 2.76.